The highest BCUT2D eigenvalue weighted by Gasteiger charge is 2.47. The van der Waals surface area contributed by atoms with Crippen LogP contribution in [-0.4, -0.2) is 288 Å². The van der Waals surface area contributed by atoms with Crippen LogP contribution in [0.4, 0.5) is 0 Å². The molecule has 0 aromatic carbocycles. The number of amides is 11. The predicted molar refractivity (Wildman–Crippen MR) is 372 cm³/mol. The summed E-state index contributed by atoms with van der Waals surface area (Å²) in [5, 5.41) is 33.0. The van der Waals surface area contributed by atoms with E-state index in [4.69, 9.17) is 9.47 Å². The smallest absolute Gasteiger partial charge is 0.246 e. The van der Waals surface area contributed by atoms with Crippen molar-refractivity contribution in [1.82, 2.24) is 60.5 Å². The van der Waals surface area contributed by atoms with Crippen molar-refractivity contribution < 1.29 is 72.4 Å². The van der Waals surface area contributed by atoms with Crippen molar-refractivity contribution in [2.24, 2.45) is 35.5 Å². The first kappa shape index (κ1) is 87.1. The number of carbonyl (C=O) groups is 11. The normalized spacial score (nSPS) is 27.2. The van der Waals surface area contributed by atoms with Crippen molar-refractivity contribution in [3.05, 3.63) is 0 Å². The molecule has 2 aliphatic rings. The molecule has 27 nitrogen and oxygen atoms in total. The van der Waals surface area contributed by atoms with Crippen LogP contribution < -0.4 is 21.3 Å². The zero-order valence-corrected chi connectivity index (χ0v) is 63.3. The summed E-state index contributed by atoms with van der Waals surface area (Å²) in [4.78, 5) is 174. The standard InChI is InChI=1S/C70H128N12O15/c1-24-51-66(91)75(17)49(15)65(90)80(22)57(50(16)97-35-29-27-31-82-32-36-96-37-33-82)62(87)74-55(44(8)9)69(94)76(18)52(38-41(2)3)61(86)71-47(13)60(85)72-48(14)64(89)77(19)53(39-42(4)5)67(92)78(20)54(40-43(6)7)68(93)79(21)56(45(10)11)70(95)81(23)58(63(88)73-51)59(84)46(12)30-26-25-28-34-83/h41-59,83-84H,24-40H2,1-23H3,(H,71,86)(H,72,85)(H,73,88)(H,74,87)/t46-,47+,48-,49-,50-,51+,52+,53+,54+,55+,56+,57+,58+,59-/m1/s1. The molecule has 0 aromatic heterocycles. The Morgan fingerprint density at radius 1 is 0.474 bits per heavy atom. The van der Waals surface area contributed by atoms with E-state index in [1.807, 2.05) is 41.5 Å². The molecule has 0 aliphatic carbocycles. The molecular weight excluding hydrogens is 1250 g/mol. The number of hydrogen-bond donors (Lipinski definition) is 6. The van der Waals surface area contributed by atoms with Crippen molar-refractivity contribution in [3.63, 3.8) is 0 Å². The van der Waals surface area contributed by atoms with Crippen molar-refractivity contribution in [3.8, 4) is 0 Å². The van der Waals surface area contributed by atoms with E-state index < -0.39 is 161 Å². The van der Waals surface area contributed by atoms with Gasteiger partial charge in [-0.1, -0.05) is 95.9 Å². The molecular formula is C70H128N12O15. The maximum absolute atomic E-state index is 15.4. The van der Waals surface area contributed by atoms with E-state index in [1.54, 1.807) is 48.5 Å². The van der Waals surface area contributed by atoms with E-state index in [0.717, 1.165) is 35.9 Å². The lowest BCUT2D eigenvalue weighted by Gasteiger charge is -2.41. The minimum atomic E-state index is -1.66. The molecule has 6 N–H and O–H groups in total. The Hall–Kier alpha value is -6.03. The lowest BCUT2D eigenvalue weighted by Crippen LogP contribution is -2.64. The van der Waals surface area contributed by atoms with Crippen LogP contribution in [0, 0.1) is 35.5 Å². The third-order valence-electron chi connectivity index (χ3n) is 19.2. The van der Waals surface area contributed by atoms with Crippen LogP contribution in [0.5, 0.6) is 0 Å². The lowest BCUT2D eigenvalue weighted by molar-refractivity contribution is -0.157. The second-order valence-electron chi connectivity index (χ2n) is 29.3. The minimum absolute atomic E-state index is 0.0204. The SMILES string of the molecule is CC[C@@H]1NC(=O)[C@H]([C@H](O)[C@H](C)CCCCCO)N(C)C(=O)[C@H](C(C)C)N(C)C(=O)[C@H](CC(C)C)N(C)C(=O)[C@H](CC(C)C)N(C)C(=O)[C@@H](C)NC(=O)[C@H](C)NC(=O)[C@H](CC(C)C)N(C)C(=O)[C@H](C(C)C)NC(=O)[C@H]([C@@H](C)OCCCCN2CCOCC2)N(C)C(=O)[C@@H](C)N(C)C1=O. The molecule has 0 radical (unpaired) electrons. The molecule has 2 saturated heterocycles. The number of nitrogens with zero attached hydrogens (tertiary/aromatic N) is 8. The van der Waals surface area contributed by atoms with Gasteiger partial charge < -0.3 is 75.3 Å². The summed E-state index contributed by atoms with van der Waals surface area (Å²) in [6.07, 6.45) is 1.29. The van der Waals surface area contributed by atoms with Gasteiger partial charge in [0.05, 0.1) is 25.4 Å². The summed E-state index contributed by atoms with van der Waals surface area (Å²) in [6, 6.07) is -14.3. The molecule has 0 spiro atoms. The monoisotopic (exact) mass is 1380 g/mol. The zero-order chi connectivity index (χ0) is 74.2. The minimum Gasteiger partial charge on any atom is -0.396 e. The average molecular weight is 1380 g/mol. The van der Waals surface area contributed by atoms with Crippen LogP contribution in [0.15, 0.2) is 0 Å². The van der Waals surface area contributed by atoms with Crippen LogP contribution in [0.25, 0.3) is 0 Å². The number of nitrogens with one attached hydrogen (secondary N) is 4. The Kier molecular flexibility index (Phi) is 37.3. The Morgan fingerprint density at radius 2 is 0.959 bits per heavy atom. The largest absolute Gasteiger partial charge is 0.396 e. The van der Waals surface area contributed by atoms with E-state index in [-0.39, 0.29) is 56.7 Å². The number of unbranched alkanes of at least 4 members (excludes halogenated alkanes) is 3. The van der Waals surface area contributed by atoms with Gasteiger partial charge in [-0.05, 0) is 121 Å². The predicted octanol–water partition coefficient (Wildman–Crippen LogP) is 2.72. The molecule has 2 rings (SSSR count). The number of ether oxygens (including phenoxy) is 2. The highest BCUT2D eigenvalue weighted by molar-refractivity contribution is 6.00. The molecule has 27 heteroatoms. The molecule has 2 aliphatic heterocycles. The summed E-state index contributed by atoms with van der Waals surface area (Å²) in [5.74, 6) is -10.1. The number of aliphatic hydroxyl groups is 2. The molecule has 11 amide bonds. The first-order valence-corrected chi connectivity index (χ1v) is 35.5. The topological polar surface area (TPSA) is 321 Å². The highest BCUT2D eigenvalue weighted by atomic mass is 16.5. The molecule has 2 heterocycles. The third kappa shape index (κ3) is 25.3. The van der Waals surface area contributed by atoms with Crippen LogP contribution in [0.2, 0.25) is 0 Å². The number of likely N-dealkylation sites (N-methyl/N-ethyl adjacent to an activating group) is 7. The van der Waals surface area contributed by atoms with E-state index in [9.17, 15) is 39.0 Å². The first-order valence-electron chi connectivity index (χ1n) is 35.5. The summed E-state index contributed by atoms with van der Waals surface area (Å²) in [5.41, 5.74) is 0. The van der Waals surface area contributed by atoms with Crippen molar-refractivity contribution >= 4 is 65.0 Å². The maximum Gasteiger partial charge on any atom is 0.246 e. The van der Waals surface area contributed by atoms with Crippen molar-refractivity contribution in [2.45, 2.75) is 254 Å². The molecule has 0 bridgehead atoms. The first-order chi connectivity index (χ1) is 45.2. The van der Waals surface area contributed by atoms with Gasteiger partial charge in [0.1, 0.15) is 66.5 Å². The fourth-order valence-corrected chi connectivity index (χ4v) is 12.7. The summed E-state index contributed by atoms with van der Waals surface area (Å²) in [7, 11) is 9.88. The van der Waals surface area contributed by atoms with Crippen LogP contribution >= 0.6 is 0 Å². The van der Waals surface area contributed by atoms with Gasteiger partial charge in [-0.2, -0.15) is 0 Å². The van der Waals surface area contributed by atoms with Gasteiger partial charge in [-0.15, -0.1) is 0 Å². The zero-order valence-electron chi connectivity index (χ0n) is 63.3. The summed E-state index contributed by atoms with van der Waals surface area (Å²) in [6.45, 7) is 31.3. The second-order valence-corrected chi connectivity index (χ2v) is 29.3. The van der Waals surface area contributed by atoms with Gasteiger partial charge in [-0.3, -0.25) is 57.6 Å². The summed E-state index contributed by atoms with van der Waals surface area (Å²) >= 11 is 0. The Bertz CT molecular complexity index is 2570. The molecule has 2 fully saturated rings. The number of carbonyl (C=O) groups excluding carboxylic acids is 11. The Labute approximate surface area is 580 Å². The van der Waals surface area contributed by atoms with E-state index in [0.29, 0.717) is 45.3 Å². The molecule has 14 atom stereocenters. The van der Waals surface area contributed by atoms with Gasteiger partial charge in [0.2, 0.25) is 65.0 Å². The maximum atomic E-state index is 15.4. The molecule has 558 valence electrons. The third-order valence-corrected chi connectivity index (χ3v) is 19.2. The Morgan fingerprint density at radius 3 is 1.47 bits per heavy atom. The van der Waals surface area contributed by atoms with E-state index in [1.165, 1.54) is 94.6 Å². The number of rotatable bonds is 23. The van der Waals surface area contributed by atoms with Crippen LogP contribution in [0.3, 0.4) is 0 Å². The molecule has 97 heavy (non-hydrogen) atoms. The molecule has 0 aromatic rings. The fraction of sp³-hybridized carbons (Fsp3) is 0.843. The van der Waals surface area contributed by atoms with Crippen molar-refractivity contribution in [1.29, 1.82) is 0 Å². The van der Waals surface area contributed by atoms with Gasteiger partial charge in [0.15, 0.2) is 0 Å². The fourth-order valence-electron chi connectivity index (χ4n) is 12.7. The quantitative estimate of drug-likeness (QED) is 0.0802. The number of aliphatic hydroxyl groups excluding tert-OH is 2. The average Bonchev–Trinajstić information content (AvgIpc) is 0.808. The lowest BCUT2D eigenvalue weighted by atomic mass is 9.90. The van der Waals surface area contributed by atoms with Gasteiger partial charge in [-0.25, -0.2) is 0 Å². The van der Waals surface area contributed by atoms with Crippen LogP contribution in [0.1, 0.15) is 175 Å². The van der Waals surface area contributed by atoms with E-state index in [2.05, 4.69) is 26.2 Å². The van der Waals surface area contributed by atoms with Crippen molar-refractivity contribution in [2.75, 3.05) is 95.4 Å². The number of morpholine rings is 1. The highest BCUT2D eigenvalue weighted by Crippen LogP contribution is 2.27. The second kappa shape index (κ2) is 41.5. The van der Waals surface area contributed by atoms with Gasteiger partial charge in [0, 0.05) is 75.6 Å². The molecule has 0 saturated carbocycles. The van der Waals surface area contributed by atoms with Gasteiger partial charge >= 0.3 is 0 Å². The van der Waals surface area contributed by atoms with Crippen LogP contribution in [-0.2, 0) is 62.2 Å². The van der Waals surface area contributed by atoms with Gasteiger partial charge in [0.25, 0.3) is 0 Å². The summed E-state index contributed by atoms with van der Waals surface area (Å²) < 4.78 is 11.9. The molecule has 0 unspecified atom stereocenters. The number of hydrogen-bond acceptors (Lipinski definition) is 16. The Balaban J connectivity index is 3.02. The van der Waals surface area contributed by atoms with E-state index >= 15 is 24.0 Å².